The molecule has 0 amide bonds. The average molecular weight is 232 g/mol. The first-order chi connectivity index (χ1) is 7.47. The lowest BCUT2D eigenvalue weighted by atomic mass is 10.1. The molecule has 0 heterocycles. The summed E-state index contributed by atoms with van der Waals surface area (Å²) in [7, 11) is 0. The average Bonchev–Trinajstić information content (AvgIpc) is 2.21. The molecule has 0 aliphatic rings. The summed E-state index contributed by atoms with van der Waals surface area (Å²) < 4.78 is 0. The summed E-state index contributed by atoms with van der Waals surface area (Å²) in [5, 5.41) is 13.4. The van der Waals surface area contributed by atoms with Crippen LogP contribution >= 0.6 is 0 Å². The van der Waals surface area contributed by atoms with E-state index in [2.05, 4.69) is 14.8 Å². The molecule has 0 saturated heterocycles. The summed E-state index contributed by atoms with van der Waals surface area (Å²) in [5.41, 5.74) is 0.445. The number of hydrogen-bond donors (Lipinski definition) is 1. The van der Waals surface area contributed by atoms with Crippen molar-refractivity contribution in [3.05, 3.63) is 11.6 Å². The number of aliphatic hydroxyl groups is 1. The van der Waals surface area contributed by atoms with E-state index in [1.165, 1.54) is 0 Å². The van der Waals surface area contributed by atoms with Crippen LogP contribution in [0.15, 0.2) is 11.6 Å². The van der Waals surface area contributed by atoms with Crippen molar-refractivity contribution in [3.63, 3.8) is 0 Å². The monoisotopic (exact) mass is 232 g/mol. The molecule has 5 heteroatoms. The fraction of sp³-hybridized carbons (Fsp3) is 0.727. The third-order valence-corrected chi connectivity index (χ3v) is 2.01. The van der Waals surface area contributed by atoms with E-state index in [0.717, 1.165) is 0 Å². The topological polar surface area (TPSA) is 65.0 Å². The molecule has 0 bridgehead atoms. The van der Waals surface area contributed by atoms with E-state index in [1.807, 2.05) is 6.92 Å². The number of allylic oxidation sites excluding steroid dienone is 1. The molecule has 0 aliphatic carbocycles. The smallest absolute Gasteiger partial charge is 0.371 e. The Morgan fingerprint density at radius 1 is 1.44 bits per heavy atom. The summed E-state index contributed by atoms with van der Waals surface area (Å²) in [6.45, 7) is 7.19. The molecule has 2 unspecified atom stereocenters. The molecule has 0 aromatic carbocycles. The molecule has 0 aliphatic heterocycles. The van der Waals surface area contributed by atoms with Gasteiger partial charge in [-0.2, -0.15) is 4.89 Å². The van der Waals surface area contributed by atoms with Crippen molar-refractivity contribution in [2.24, 2.45) is 5.92 Å². The molecule has 0 rings (SSSR count). The standard InChI is InChI=1S/C11H20O5/c1-5-9(3)11(13)15-16-14-7-8(2)6-10(4)12/h5,8,10,12H,6-7H2,1-4H3/b9-5+. The number of carbonyl (C=O) groups is 1. The Bertz CT molecular complexity index is 235. The Morgan fingerprint density at radius 3 is 2.56 bits per heavy atom. The second kappa shape index (κ2) is 8.27. The molecule has 0 fully saturated rings. The Balaban J connectivity index is 3.57. The van der Waals surface area contributed by atoms with E-state index in [0.29, 0.717) is 12.0 Å². The highest BCUT2D eigenvalue weighted by molar-refractivity contribution is 5.87. The van der Waals surface area contributed by atoms with Gasteiger partial charge in [0.1, 0.15) is 0 Å². The van der Waals surface area contributed by atoms with Crippen LogP contribution in [0, 0.1) is 5.92 Å². The van der Waals surface area contributed by atoms with E-state index in [-0.39, 0.29) is 18.6 Å². The first kappa shape index (κ1) is 15.1. The molecule has 2 atom stereocenters. The summed E-state index contributed by atoms with van der Waals surface area (Å²) in [6, 6.07) is 0. The predicted octanol–water partition coefficient (Wildman–Crippen LogP) is 1.77. The van der Waals surface area contributed by atoms with Crippen LogP contribution in [0.4, 0.5) is 0 Å². The first-order valence-electron chi connectivity index (χ1n) is 5.28. The minimum Gasteiger partial charge on any atom is -0.393 e. The third-order valence-electron chi connectivity index (χ3n) is 2.01. The van der Waals surface area contributed by atoms with Gasteiger partial charge in [0.2, 0.25) is 0 Å². The van der Waals surface area contributed by atoms with Crippen molar-refractivity contribution in [2.45, 2.75) is 40.2 Å². The molecule has 1 N–H and O–H groups in total. The minimum atomic E-state index is -0.578. The number of aliphatic hydroxyl groups excluding tert-OH is 1. The minimum absolute atomic E-state index is 0.126. The summed E-state index contributed by atoms with van der Waals surface area (Å²) in [5.74, 6) is -0.452. The maximum atomic E-state index is 11.1. The highest BCUT2D eigenvalue weighted by Crippen LogP contribution is 2.06. The second-order valence-corrected chi connectivity index (χ2v) is 3.88. The molecule has 0 aromatic heterocycles. The zero-order valence-electron chi connectivity index (χ0n) is 10.2. The zero-order valence-corrected chi connectivity index (χ0v) is 10.2. The number of rotatable bonds is 7. The van der Waals surface area contributed by atoms with E-state index < -0.39 is 5.97 Å². The molecule has 0 spiro atoms. The lowest BCUT2D eigenvalue weighted by Crippen LogP contribution is -2.14. The van der Waals surface area contributed by atoms with Gasteiger partial charge in [-0.1, -0.05) is 13.0 Å². The number of carbonyl (C=O) groups excluding carboxylic acids is 1. The van der Waals surface area contributed by atoms with Crippen molar-refractivity contribution in [3.8, 4) is 0 Å². The molecule has 0 radical (unpaired) electrons. The lowest BCUT2D eigenvalue weighted by molar-refractivity contribution is -0.487. The number of hydrogen-bond acceptors (Lipinski definition) is 5. The molecule has 16 heavy (non-hydrogen) atoms. The van der Waals surface area contributed by atoms with Crippen molar-refractivity contribution < 1.29 is 24.7 Å². The molecular weight excluding hydrogens is 212 g/mol. The molecular formula is C11H20O5. The van der Waals surface area contributed by atoms with Crippen molar-refractivity contribution >= 4 is 5.97 Å². The van der Waals surface area contributed by atoms with Crippen molar-refractivity contribution in [1.29, 1.82) is 0 Å². The molecule has 0 aromatic rings. The largest absolute Gasteiger partial charge is 0.393 e. The van der Waals surface area contributed by atoms with Gasteiger partial charge in [-0.3, -0.25) is 4.89 Å². The summed E-state index contributed by atoms with van der Waals surface area (Å²) in [6.07, 6.45) is 1.83. The quantitative estimate of drug-likeness (QED) is 0.313. The van der Waals surface area contributed by atoms with Crippen LogP contribution in [-0.2, 0) is 19.6 Å². The van der Waals surface area contributed by atoms with Gasteiger partial charge < -0.3 is 5.11 Å². The normalized spacial score (nSPS) is 15.7. The first-order valence-corrected chi connectivity index (χ1v) is 5.28. The van der Waals surface area contributed by atoms with Gasteiger partial charge in [0.15, 0.2) is 0 Å². The van der Waals surface area contributed by atoms with Gasteiger partial charge in [0.25, 0.3) is 0 Å². The highest BCUT2D eigenvalue weighted by atomic mass is 17.5. The maximum Gasteiger partial charge on any atom is 0.371 e. The van der Waals surface area contributed by atoms with E-state index in [4.69, 9.17) is 5.11 Å². The van der Waals surface area contributed by atoms with Crippen LogP contribution in [0.3, 0.4) is 0 Å². The van der Waals surface area contributed by atoms with Crippen LogP contribution in [-0.4, -0.2) is 23.8 Å². The van der Waals surface area contributed by atoms with Crippen LogP contribution < -0.4 is 0 Å². The van der Waals surface area contributed by atoms with Gasteiger partial charge >= 0.3 is 5.97 Å². The predicted molar refractivity (Wildman–Crippen MR) is 58.0 cm³/mol. The van der Waals surface area contributed by atoms with Crippen LogP contribution in [0.25, 0.3) is 0 Å². The van der Waals surface area contributed by atoms with Crippen molar-refractivity contribution in [1.82, 2.24) is 0 Å². The van der Waals surface area contributed by atoms with E-state index in [9.17, 15) is 4.79 Å². The summed E-state index contributed by atoms with van der Waals surface area (Å²) >= 11 is 0. The third kappa shape index (κ3) is 7.39. The van der Waals surface area contributed by atoms with Crippen LogP contribution in [0.2, 0.25) is 0 Å². The fourth-order valence-corrected chi connectivity index (χ4v) is 1.03. The highest BCUT2D eigenvalue weighted by Gasteiger charge is 2.09. The van der Waals surface area contributed by atoms with Crippen LogP contribution in [0.5, 0.6) is 0 Å². The van der Waals surface area contributed by atoms with Gasteiger partial charge in [0, 0.05) is 5.57 Å². The Morgan fingerprint density at radius 2 is 2.06 bits per heavy atom. The Labute approximate surface area is 95.9 Å². The molecule has 0 saturated carbocycles. The van der Waals surface area contributed by atoms with E-state index in [1.54, 1.807) is 26.8 Å². The second-order valence-electron chi connectivity index (χ2n) is 3.88. The van der Waals surface area contributed by atoms with Gasteiger partial charge in [-0.25, -0.2) is 4.79 Å². The lowest BCUT2D eigenvalue weighted by Gasteiger charge is -2.11. The van der Waals surface area contributed by atoms with Gasteiger partial charge in [-0.15, -0.1) is 0 Å². The SMILES string of the molecule is C/C=C(\C)C(=O)OOOCC(C)CC(C)O. The van der Waals surface area contributed by atoms with Gasteiger partial charge in [-0.05, 0) is 38.1 Å². The fourth-order valence-electron chi connectivity index (χ4n) is 1.03. The zero-order chi connectivity index (χ0) is 12.6. The Hall–Kier alpha value is -0.910. The summed E-state index contributed by atoms with van der Waals surface area (Å²) in [4.78, 5) is 20.1. The van der Waals surface area contributed by atoms with Crippen molar-refractivity contribution in [2.75, 3.05) is 6.61 Å². The Kier molecular flexibility index (Phi) is 7.80. The maximum absolute atomic E-state index is 11.1. The molecule has 5 nitrogen and oxygen atoms in total. The molecule has 94 valence electrons. The van der Waals surface area contributed by atoms with Gasteiger partial charge in [0.05, 0.1) is 12.7 Å². The van der Waals surface area contributed by atoms with E-state index >= 15 is 0 Å². The van der Waals surface area contributed by atoms with Crippen LogP contribution in [0.1, 0.15) is 34.1 Å².